The maximum absolute atomic E-state index is 5.86. The van der Waals surface area contributed by atoms with Crippen LogP contribution in [-0.2, 0) is 6.54 Å². The van der Waals surface area contributed by atoms with Crippen molar-refractivity contribution in [2.24, 2.45) is 0 Å². The Labute approximate surface area is 208 Å². The molecule has 2 atom stereocenters. The van der Waals surface area contributed by atoms with Gasteiger partial charge in [-0.1, -0.05) is 52.3 Å². The second-order valence-electron chi connectivity index (χ2n) is 8.38. The predicted molar refractivity (Wildman–Crippen MR) is 140 cm³/mol. The van der Waals surface area contributed by atoms with E-state index in [4.69, 9.17) is 12.2 Å². The summed E-state index contributed by atoms with van der Waals surface area (Å²) >= 11 is 9.41. The Morgan fingerprint density at radius 3 is 2.39 bits per heavy atom. The molecule has 166 valence electrons. The van der Waals surface area contributed by atoms with Crippen LogP contribution in [0.15, 0.2) is 89.5 Å². The van der Waals surface area contributed by atoms with Gasteiger partial charge in [0.05, 0.1) is 17.8 Å². The van der Waals surface area contributed by atoms with E-state index in [1.165, 1.54) is 22.5 Å². The summed E-state index contributed by atoms with van der Waals surface area (Å²) in [7, 11) is 0. The fourth-order valence-electron chi connectivity index (χ4n) is 4.77. The first-order chi connectivity index (χ1) is 16.0. The number of rotatable bonds is 5. The van der Waals surface area contributed by atoms with Crippen molar-refractivity contribution in [1.29, 1.82) is 0 Å². The standard InChI is InChI=1S/C27H25BrN4S/c1-18-16-23(19(2)32(18)22-13-11-21(28)12-14-22)26-25(24-10-6-7-15-29-24)30-27(33)31(26)17-20-8-4-3-5-9-20/h3-16,25-26H,17H2,1-2H3,(H,30,33)/t25-,26+/m1/s1. The van der Waals surface area contributed by atoms with Gasteiger partial charge >= 0.3 is 0 Å². The first-order valence-corrected chi connectivity index (χ1v) is 12.2. The number of benzene rings is 2. The van der Waals surface area contributed by atoms with Crippen LogP contribution in [0.1, 0.15) is 40.3 Å². The molecule has 33 heavy (non-hydrogen) atoms. The summed E-state index contributed by atoms with van der Waals surface area (Å²) in [5, 5.41) is 4.33. The van der Waals surface area contributed by atoms with Gasteiger partial charge in [0.1, 0.15) is 0 Å². The lowest BCUT2D eigenvalue weighted by atomic mass is 9.96. The van der Waals surface area contributed by atoms with Crippen LogP contribution < -0.4 is 5.32 Å². The highest BCUT2D eigenvalue weighted by atomic mass is 79.9. The molecule has 2 aromatic heterocycles. The Bertz CT molecular complexity index is 1270. The van der Waals surface area contributed by atoms with E-state index in [0.717, 1.165) is 27.5 Å². The van der Waals surface area contributed by atoms with Gasteiger partial charge in [-0.2, -0.15) is 0 Å². The number of thiocarbonyl (C=S) groups is 1. The molecule has 2 aromatic carbocycles. The van der Waals surface area contributed by atoms with E-state index in [-0.39, 0.29) is 12.1 Å². The molecule has 0 amide bonds. The summed E-state index contributed by atoms with van der Waals surface area (Å²) in [6.45, 7) is 5.10. The molecule has 1 N–H and O–H groups in total. The molecule has 4 aromatic rings. The third kappa shape index (κ3) is 4.21. The van der Waals surface area contributed by atoms with E-state index < -0.39 is 0 Å². The molecule has 6 heteroatoms. The van der Waals surface area contributed by atoms with Crippen LogP contribution in [0, 0.1) is 13.8 Å². The molecule has 0 spiro atoms. The second kappa shape index (κ2) is 9.12. The van der Waals surface area contributed by atoms with Gasteiger partial charge < -0.3 is 14.8 Å². The topological polar surface area (TPSA) is 33.1 Å². The molecule has 0 bridgehead atoms. The van der Waals surface area contributed by atoms with E-state index in [1.54, 1.807) is 0 Å². The summed E-state index contributed by atoms with van der Waals surface area (Å²) in [6.07, 6.45) is 1.85. The number of pyridine rings is 1. The first-order valence-electron chi connectivity index (χ1n) is 11.0. The fraction of sp³-hybridized carbons (Fsp3) is 0.185. The highest BCUT2D eigenvalue weighted by molar-refractivity contribution is 9.10. The zero-order valence-electron chi connectivity index (χ0n) is 18.6. The van der Waals surface area contributed by atoms with Crippen molar-refractivity contribution in [3.8, 4) is 5.69 Å². The average molecular weight is 517 g/mol. The van der Waals surface area contributed by atoms with Gasteiger partial charge in [-0.05, 0) is 79.7 Å². The predicted octanol–water partition coefficient (Wildman–Crippen LogP) is 6.42. The van der Waals surface area contributed by atoms with Gasteiger partial charge in [0.15, 0.2) is 5.11 Å². The zero-order chi connectivity index (χ0) is 22.9. The van der Waals surface area contributed by atoms with Gasteiger partial charge in [0.2, 0.25) is 0 Å². The second-order valence-corrected chi connectivity index (χ2v) is 9.68. The van der Waals surface area contributed by atoms with Crippen molar-refractivity contribution in [3.05, 3.63) is 118 Å². The van der Waals surface area contributed by atoms with Crippen LogP contribution in [0.5, 0.6) is 0 Å². The lowest BCUT2D eigenvalue weighted by Crippen LogP contribution is -2.29. The minimum Gasteiger partial charge on any atom is -0.352 e. The molecule has 1 saturated heterocycles. The largest absolute Gasteiger partial charge is 0.352 e. The highest BCUT2D eigenvalue weighted by Gasteiger charge is 2.41. The number of hydrogen-bond donors (Lipinski definition) is 1. The quantitative estimate of drug-likeness (QED) is 0.310. The number of aryl methyl sites for hydroxylation is 1. The van der Waals surface area contributed by atoms with Crippen LogP contribution in [-0.4, -0.2) is 19.6 Å². The summed E-state index contributed by atoms with van der Waals surface area (Å²) in [5.41, 5.74) is 7.04. The molecule has 3 heterocycles. The summed E-state index contributed by atoms with van der Waals surface area (Å²) in [5.74, 6) is 0. The summed E-state index contributed by atoms with van der Waals surface area (Å²) < 4.78 is 3.39. The number of aromatic nitrogens is 2. The van der Waals surface area contributed by atoms with Crippen molar-refractivity contribution < 1.29 is 0 Å². The molecule has 5 rings (SSSR count). The molecule has 4 nitrogen and oxygen atoms in total. The minimum absolute atomic E-state index is 0.0266. The third-order valence-electron chi connectivity index (χ3n) is 6.27. The van der Waals surface area contributed by atoms with Crippen molar-refractivity contribution in [3.63, 3.8) is 0 Å². The molecule has 0 saturated carbocycles. The van der Waals surface area contributed by atoms with Crippen LogP contribution in [0.25, 0.3) is 5.69 Å². The maximum atomic E-state index is 5.86. The van der Waals surface area contributed by atoms with Gasteiger partial charge in [-0.15, -0.1) is 0 Å². The number of nitrogens with one attached hydrogen (secondary N) is 1. The van der Waals surface area contributed by atoms with Crippen LogP contribution in [0.3, 0.4) is 0 Å². The van der Waals surface area contributed by atoms with Crippen LogP contribution in [0.2, 0.25) is 0 Å². The van der Waals surface area contributed by atoms with Crippen molar-refractivity contribution in [2.75, 3.05) is 0 Å². The normalized spacial score (nSPS) is 17.9. The number of hydrogen-bond acceptors (Lipinski definition) is 2. The molecule has 0 unspecified atom stereocenters. The Kier molecular flexibility index (Phi) is 6.04. The Hall–Kier alpha value is -2.96. The van der Waals surface area contributed by atoms with Crippen LogP contribution >= 0.6 is 28.1 Å². The fourth-order valence-corrected chi connectivity index (χ4v) is 5.34. The Morgan fingerprint density at radius 2 is 1.70 bits per heavy atom. The summed E-state index contributed by atoms with van der Waals surface area (Å²) in [6, 6.07) is 27.3. The zero-order valence-corrected chi connectivity index (χ0v) is 21.0. The van der Waals surface area contributed by atoms with Crippen molar-refractivity contribution in [2.45, 2.75) is 32.5 Å². The van der Waals surface area contributed by atoms with Gasteiger partial charge in [-0.25, -0.2) is 0 Å². The van der Waals surface area contributed by atoms with Crippen molar-refractivity contribution >= 4 is 33.3 Å². The summed E-state index contributed by atoms with van der Waals surface area (Å²) in [4.78, 5) is 6.98. The first kappa shape index (κ1) is 21.9. The molecular formula is C27H25BrN4S. The Balaban J connectivity index is 1.61. The van der Waals surface area contributed by atoms with E-state index in [9.17, 15) is 0 Å². The van der Waals surface area contributed by atoms with Crippen LogP contribution in [0.4, 0.5) is 0 Å². The van der Waals surface area contributed by atoms with E-state index in [1.807, 2.05) is 24.4 Å². The molecular weight excluding hydrogens is 492 g/mol. The molecule has 1 fully saturated rings. The average Bonchev–Trinajstić information content (AvgIpc) is 3.31. The van der Waals surface area contributed by atoms with Gasteiger partial charge in [0, 0.05) is 34.3 Å². The molecule has 0 aliphatic carbocycles. The van der Waals surface area contributed by atoms with E-state index >= 15 is 0 Å². The molecule has 1 aliphatic rings. The van der Waals surface area contributed by atoms with E-state index in [0.29, 0.717) is 0 Å². The molecule has 0 radical (unpaired) electrons. The SMILES string of the molecule is Cc1cc([C@H]2[C@@H](c3ccccn3)NC(=S)N2Cc2ccccc2)c(C)n1-c1ccc(Br)cc1. The lowest BCUT2D eigenvalue weighted by Gasteiger charge is -2.28. The highest BCUT2D eigenvalue weighted by Crippen LogP contribution is 2.42. The van der Waals surface area contributed by atoms with Gasteiger partial charge in [-0.3, -0.25) is 4.98 Å². The number of nitrogens with zero attached hydrogens (tertiary/aromatic N) is 3. The monoisotopic (exact) mass is 516 g/mol. The smallest absolute Gasteiger partial charge is 0.170 e. The number of halogens is 1. The Morgan fingerprint density at radius 1 is 0.970 bits per heavy atom. The minimum atomic E-state index is -0.0266. The maximum Gasteiger partial charge on any atom is 0.170 e. The van der Waals surface area contributed by atoms with Gasteiger partial charge in [0.25, 0.3) is 0 Å². The van der Waals surface area contributed by atoms with E-state index in [2.05, 4.69) is 110 Å². The lowest BCUT2D eigenvalue weighted by molar-refractivity contribution is 0.310. The van der Waals surface area contributed by atoms with Crippen molar-refractivity contribution in [1.82, 2.24) is 19.8 Å². The third-order valence-corrected chi connectivity index (χ3v) is 7.15. The molecule has 1 aliphatic heterocycles.